The van der Waals surface area contributed by atoms with Gasteiger partial charge in [0.1, 0.15) is 0 Å². The molecule has 0 radical (unpaired) electrons. The Morgan fingerprint density at radius 2 is 0.525 bits per heavy atom. The molecule has 0 aromatic heterocycles. The summed E-state index contributed by atoms with van der Waals surface area (Å²) in [6.45, 7) is 4.51. The second-order valence-electron chi connectivity index (χ2n) is 17.0. The first kappa shape index (κ1) is 63.3. The summed E-state index contributed by atoms with van der Waals surface area (Å²) < 4.78 is 63.5. The van der Waals surface area contributed by atoms with Gasteiger partial charge in [0.15, 0.2) is 0 Å². The first-order valence-corrected chi connectivity index (χ1v) is 27.2. The third-order valence-electron chi connectivity index (χ3n) is 11.2. The van der Waals surface area contributed by atoms with E-state index in [1.54, 1.807) is 14.1 Å². The van der Waals surface area contributed by atoms with Gasteiger partial charge in [0.05, 0.1) is 31.7 Å². The van der Waals surface area contributed by atoms with Crippen molar-refractivity contribution in [2.75, 3.05) is 38.7 Å². The van der Waals surface area contributed by atoms with Crippen molar-refractivity contribution in [3.05, 3.63) is 0 Å². The minimum absolute atomic E-state index is 0. The molecule has 0 heterocycles. The van der Waals surface area contributed by atoms with Crippen molar-refractivity contribution in [3.63, 3.8) is 0 Å². The quantitative estimate of drug-likeness (QED) is 0.0333. The van der Waals surface area contributed by atoms with Gasteiger partial charge in [-0.15, -0.1) is 0 Å². The van der Waals surface area contributed by atoms with Crippen LogP contribution in [0.15, 0.2) is 0 Å². The van der Waals surface area contributed by atoms with Crippen LogP contribution in [0.2, 0.25) is 0 Å². The Morgan fingerprint density at radius 1 is 0.356 bits per heavy atom. The van der Waals surface area contributed by atoms with Crippen LogP contribution in [0.25, 0.3) is 0 Å². The zero-order valence-electron chi connectivity index (χ0n) is 39.0. The Bertz CT molecular complexity index is 1050. The van der Waals surface area contributed by atoms with E-state index in [0.717, 1.165) is 38.5 Å². The molecule has 0 aliphatic heterocycles. The number of amides is 2. The number of unbranched alkanes of at least 4 members (excludes halogenated alkanes) is 32. The third-order valence-corrected chi connectivity index (χ3v) is 12.6. The van der Waals surface area contributed by atoms with Crippen molar-refractivity contribution in [2.45, 2.75) is 245 Å². The van der Waals surface area contributed by atoms with Crippen molar-refractivity contribution >= 4 is 69.8 Å². The first-order chi connectivity index (χ1) is 27.7. The summed E-state index contributed by atoms with van der Waals surface area (Å²) in [5.41, 5.74) is 0. The summed E-state index contributed by atoms with van der Waals surface area (Å²) in [6.07, 6.45) is 45.3. The topological polar surface area (TPSA) is 155 Å². The van der Waals surface area contributed by atoms with Crippen molar-refractivity contribution in [3.8, 4) is 0 Å². The summed E-state index contributed by atoms with van der Waals surface area (Å²) in [6, 6.07) is 0. The monoisotopic (exact) mass is 905 g/mol. The summed E-state index contributed by atoms with van der Waals surface area (Å²) in [5, 5.41) is 0. The molecule has 59 heavy (non-hydrogen) atoms. The second kappa shape index (κ2) is 46.0. The van der Waals surface area contributed by atoms with Gasteiger partial charge in [0, 0.05) is 40.0 Å². The molecule has 0 atom stereocenters. The van der Waals surface area contributed by atoms with Gasteiger partial charge in [0.2, 0.25) is 11.8 Å². The average Bonchev–Trinajstić information content (AvgIpc) is 3.17. The van der Waals surface area contributed by atoms with E-state index in [9.17, 15) is 35.5 Å². The molecule has 0 spiro atoms. The zero-order chi connectivity index (χ0) is 43.6. The number of hydrogen-bond donors (Lipinski definition) is 0. The molecule has 0 aromatic carbocycles. The van der Waals surface area contributed by atoms with Crippen LogP contribution in [0.1, 0.15) is 245 Å². The van der Waals surface area contributed by atoms with Crippen LogP contribution >= 0.6 is 0 Å². The van der Waals surface area contributed by atoms with E-state index >= 15 is 0 Å². The van der Waals surface area contributed by atoms with E-state index < -0.39 is 31.7 Å². The average molecular weight is 905 g/mol. The molecule has 0 aliphatic carbocycles. The molecule has 0 aliphatic rings. The fourth-order valence-electron chi connectivity index (χ4n) is 7.13. The number of carbonyl (C=O) groups excluding carboxylic acids is 2. The molecule has 0 rings (SSSR count). The largest absolute Gasteiger partial charge is 2.00 e. The molecular weight excluding hydrogens is 813 g/mol. The van der Waals surface area contributed by atoms with Crippen molar-refractivity contribution in [1.29, 1.82) is 0 Å². The zero-order valence-corrected chi connectivity index (χ0v) is 42.8. The number of carbonyl (C=O) groups is 2. The maximum atomic E-state index is 11.8. The fraction of sp³-hybridized carbons (Fsp3) is 0.957. The van der Waals surface area contributed by atoms with E-state index in [1.165, 1.54) is 190 Å². The SMILES string of the molecule is CCCCCCCCCCCCCCCCCCCC(=O)N(C)CCS(=O)(=O)[O-].CCCCCCCCCCCCCCCCCCCC(=O)N(C)CCS(=O)(=O)[O-].[Ca+2]. The van der Waals surface area contributed by atoms with Gasteiger partial charge >= 0.3 is 37.7 Å². The van der Waals surface area contributed by atoms with Gasteiger partial charge in [-0.2, -0.15) is 0 Å². The van der Waals surface area contributed by atoms with Crippen molar-refractivity contribution in [1.82, 2.24) is 9.80 Å². The van der Waals surface area contributed by atoms with Crippen LogP contribution in [-0.2, 0) is 29.8 Å². The molecule has 0 saturated carbocycles. The van der Waals surface area contributed by atoms with Gasteiger partial charge in [-0.1, -0.05) is 219 Å². The second-order valence-corrected chi connectivity index (χ2v) is 20.0. The Kier molecular flexibility index (Phi) is 49.4. The Morgan fingerprint density at radius 3 is 0.695 bits per heavy atom. The minimum atomic E-state index is -4.25. The third kappa shape index (κ3) is 54.1. The van der Waals surface area contributed by atoms with Crippen LogP contribution in [0.4, 0.5) is 0 Å². The molecule has 0 saturated heterocycles. The van der Waals surface area contributed by atoms with Crippen LogP contribution in [0.3, 0.4) is 0 Å². The van der Waals surface area contributed by atoms with Crippen molar-refractivity contribution in [2.24, 2.45) is 0 Å². The predicted octanol–water partition coefficient (Wildman–Crippen LogP) is 11.7. The predicted molar refractivity (Wildman–Crippen MR) is 248 cm³/mol. The Hall–Kier alpha value is 0.0197. The Balaban J connectivity index is -0.00000105. The maximum absolute atomic E-state index is 11.8. The molecule has 0 bridgehead atoms. The van der Waals surface area contributed by atoms with E-state index in [1.807, 2.05) is 0 Å². The first-order valence-electron chi connectivity index (χ1n) is 24.1. The van der Waals surface area contributed by atoms with E-state index in [2.05, 4.69) is 13.8 Å². The molecule has 0 unspecified atom stereocenters. The maximum Gasteiger partial charge on any atom is 2.00 e. The van der Waals surface area contributed by atoms with Crippen LogP contribution in [0, 0.1) is 0 Å². The summed E-state index contributed by atoms with van der Waals surface area (Å²) >= 11 is 0. The Labute approximate surface area is 395 Å². The minimum Gasteiger partial charge on any atom is -0.748 e. The van der Waals surface area contributed by atoms with E-state index in [0.29, 0.717) is 12.8 Å². The number of hydrogen-bond acceptors (Lipinski definition) is 8. The standard InChI is InChI=1S/2C23H47NO4S.Ca/c2*1-3-4-5-6-7-8-9-10-11-12-13-14-15-16-17-18-19-20-23(25)24(2)21-22-29(26,27)28;/h2*3-22H2,1-2H3,(H,26,27,28);/q;;+2/p-2. The normalized spacial score (nSPS) is 11.5. The van der Waals surface area contributed by atoms with E-state index in [4.69, 9.17) is 0 Å². The number of nitrogens with zero attached hydrogens (tertiary/aromatic N) is 2. The molecule has 10 nitrogen and oxygen atoms in total. The molecule has 0 aromatic rings. The molecule has 2 amide bonds. The van der Waals surface area contributed by atoms with Gasteiger partial charge in [0.25, 0.3) is 0 Å². The summed E-state index contributed by atoms with van der Waals surface area (Å²) in [7, 11) is -5.39. The molecular formula is C46H92CaN2O8S2. The number of rotatable bonds is 42. The van der Waals surface area contributed by atoms with Crippen LogP contribution in [0.5, 0.6) is 0 Å². The molecule has 13 heteroatoms. The fourth-order valence-corrected chi connectivity index (χ4v) is 8.13. The van der Waals surface area contributed by atoms with Crippen molar-refractivity contribution < 1.29 is 35.5 Å². The van der Waals surface area contributed by atoms with Gasteiger partial charge in [-0.05, 0) is 12.8 Å². The van der Waals surface area contributed by atoms with Crippen LogP contribution < -0.4 is 0 Å². The molecule has 348 valence electrons. The van der Waals surface area contributed by atoms with Gasteiger partial charge < -0.3 is 18.9 Å². The van der Waals surface area contributed by atoms with Gasteiger partial charge in [-0.3, -0.25) is 9.59 Å². The van der Waals surface area contributed by atoms with Gasteiger partial charge in [-0.25, -0.2) is 16.8 Å². The molecule has 0 fully saturated rings. The van der Waals surface area contributed by atoms with Crippen LogP contribution in [-0.4, -0.2) is 124 Å². The molecule has 0 N–H and O–H groups in total. The summed E-state index contributed by atoms with van der Waals surface area (Å²) in [4.78, 5) is 26.4. The smallest absolute Gasteiger partial charge is 0.748 e. The van der Waals surface area contributed by atoms with E-state index in [-0.39, 0.29) is 62.6 Å². The summed E-state index contributed by atoms with van der Waals surface area (Å²) in [5.74, 6) is -1.16.